The molecule has 1 rings (SSSR count). The number of carboxylic acid groups (broad SMARTS) is 1. The van der Waals surface area contributed by atoms with E-state index >= 15 is 0 Å². The molecule has 1 aromatic rings. The summed E-state index contributed by atoms with van der Waals surface area (Å²) in [7, 11) is 0. The van der Waals surface area contributed by atoms with E-state index in [0.717, 1.165) is 5.56 Å². The van der Waals surface area contributed by atoms with Crippen LogP contribution in [0.5, 0.6) is 0 Å². The molecule has 2 N–H and O–H groups in total. The Morgan fingerprint density at radius 3 is 2.62 bits per heavy atom. The molecule has 1 atom stereocenters. The number of rotatable bonds is 5. The van der Waals surface area contributed by atoms with E-state index in [1.165, 1.54) is 0 Å². The van der Waals surface area contributed by atoms with Crippen LogP contribution in [0, 0.1) is 0 Å². The van der Waals surface area contributed by atoms with Crippen LogP contribution in [0.4, 0.5) is 0 Å². The lowest BCUT2D eigenvalue weighted by atomic mass is 10.2. The third-order valence-electron chi connectivity index (χ3n) is 1.94. The standard InChI is InChI=1S/C12H15NO2.ClH/c1-10(9-12(14)15)13-8-7-11-5-3-2-4-6-11;/h2-8,10,13H,9H2,1H3,(H,14,15);1H/b8-7+;/t10-;/m0./s1. The predicted molar refractivity (Wildman–Crippen MR) is 67.6 cm³/mol. The third kappa shape index (κ3) is 6.09. The zero-order valence-electron chi connectivity index (χ0n) is 9.09. The van der Waals surface area contributed by atoms with Gasteiger partial charge in [-0.05, 0) is 24.8 Å². The van der Waals surface area contributed by atoms with Crippen molar-refractivity contribution in [1.29, 1.82) is 0 Å². The van der Waals surface area contributed by atoms with Crippen LogP contribution in [0.1, 0.15) is 18.9 Å². The Balaban J connectivity index is 0.00000225. The van der Waals surface area contributed by atoms with Crippen LogP contribution in [-0.4, -0.2) is 17.1 Å². The lowest BCUT2D eigenvalue weighted by Crippen LogP contribution is -2.23. The molecule has 0 aliphatic heterocycles. The summed E-state index contributed by atoms with van der Waals surface area (Å²) in [5.41, 5.74) is 1.09. The fourth-order valence-corrected chi connectivity index (χ4v) is 1.19. The molecule has 0 aliphatic carbocycles. The Hall–Kier alpha value is -1.48. The summed E-state index contributed by atoms with van der Waals surface area (Å²) >= 11 is 0. The Bertz CT molecular complexity index is 338. The van der Waals surface area contributed by atoms with Gasteiger partial charge in [0.2, 0.25) is 0 Å². The molecule has 16 heavy (non-hydrogen) atoms. The van der Waals surface area contributed by atoms with E-state index in [0.29, 0.717) is 0 Å². The van der Waals surface area contributed by atoms with Gasteiger partial charge in [0.15, 0.2) is 0 Å². The first kappa shape index (κ1) is 14.5. The average Bonchev–Trinajstić information content (AvgIpc) is 2.18. The van der Waals surface area contributed by atoms with Crippen LogP contribution in [-0.2, 0) is 4.79 Å². The number of hydrogen-bond donors (Lipinski definition) is 2. The van der Waals surface area contributed by atoms with Crippen molar-refractivity contribution in [3.05, 3.63) is 42.1 Å². The van der Waals surface area contributed by atoms with E-state index in [1.54, 1.807) is 6.20 Å². The number of halogens is 1. The monoisotopic (exact) mass is 241 g/mol. The van der Waals surface area contributed by atoms with E-state index < -0.39 is 5.97 Å². The van der Waals surface area contributed by atoms with Gasteiger partial charge < -0.3 is 10.4 Å². The maximum atomic E-state index is 10.4. The second-order valence-corrected chi connectivity index (χ2v) is 3.41. The molecule has 0 saturated heterocycles. The van der Waals surface area contributed by atoms with Crippen molar-refractivity contribution in [1.82, 2.24) is 5.32 Å². The first-order valence-corrected chi connectivity index (χ1v) is 4.88. The Morgan fingerprint density at radius 2 is 2.06 bits per heavy atom. The summed E-state index contributed by atoms with van der Waals surface area (Å²) in [5.74, 6) is -0.789. The molecule has 0 amide bonds. The zero-order valence-corrected chi connectivity index (χ0v) is 9.91. The molecule has 0 radical (unpaired) electrons. The molecule has 0 fully saturated rings. The van der Waals surface area contributed by atoms with Crippen molar-refractivity contribution >= 4 is 24.5 Å². The van der Waals surface area contributed by atoms with Gasteiger partial charge in [0.25, 0.3) is 0 Å². The van der Waals surface area contributed by atoms with Crippen LogP contribution in [0.3, 0.4) is 0 Å². The Kier molecular flexibility index (Phi) is 7.05. The van der Waals surface area contributed by atoms with Gasteiger partial charge in [0, 0.05) is 6.04 Å². The van der Waals surface area contributed by atoms with Crippen molar-refractivity contribution in [2.75, 3.05) is 0 Å². The number of carbonyl (C=O) groups is 1. The minimum Gasteiger partial charge on any atom is -0.481 e. The van der Waals surface area contributed by atoms with Gasteiger partial charge in [0.05, 0.1) is 6.42 Å². The lowest BCUT2D eigenvalue weighted by Gasteiger charge is -2.07. The summed E-state index contributed by atoms with van der Waals surface area (Å²) in [6.07, 6.45) is 3.82. The highest BCUT2D eigenvalue weighted by Gasteiger charge is 2.03. The van der Waals surface area contributed by atoms with Crippen LogP contribution in [0.15, 0.2) is 36.5 Å². The van der Waals surface area contributed by atoms with Gasteiger partial charge in [-0.3, -0.25) is 4.79 Å². The topological polar surface area (TPSA) is 49.3 Å². The molecule has 0 heterocycles. The van der Waals surface area contributed by atoms with Crippen LogP contribution in [0.25, 0.3) is 6.08 Å². The fourth-order valence-electron chi connectivity index (χ4n) is 1.19. The first-order chi connectivity index (χ1) is 7.18. The van der Waals surface area contributed by atoms with Gasteiger partial charge in [-0.1, -0.05) is 30.3 Å². The van der Waals surface area contributed by atoms with Gasteiger partial charge in [-0.2, -0.15) is 0 Å². The summed E-state index contributed by atoms with van der Waals surface area (Å²) in [6.45, 7) is 1.84. The minimum absolute atomic E-state index is 0. The van der Waals surface area contributed by atoms with E-state index in [1.807, 2.05) is 43.3 Å². The number of hydrogen-bond acceptors (Lipinski definition) is 2. The van der Waals surface area contributed by atoms with Crippen molar-refractivity contribution in [3.8, 4) is 0 Å². The molecular weight excluding hydrogens is 226 g/mol. The van der Waals surface area contributed by atoms with Gasteiger partial charge in [-0.25, -0.2) is 0 Å². The molecule has 0 unspecified atom stereocenters. The summed E-state index contributed by atoms with van der Waals surface area (Å²) in [5, 5.41) is 11.5. The van der Waals surface area contributed by atoms with E-state index in [4.69, 9.17) is 5.11 Å². The average molecular weight is 242 g/mol. The van der Waals surface area contributed by atoms with Crippen molar-refractivity contribution in [2.24, 2.45) is 0 Å². The van der Waals surface area contributed by atoms with Crippen LogP contribution >= 0.6 is 12.4 Å². The van der Waals surface area contributed by atoms with Gasteiger partial charge in [0.1, 0.15) is 0 Å². The molecule has 1 aromatic carbocycles. The highest BCUT2D eigenvalue weighted by molar-refractivity contribution is 5.85. The number of benzene rings is 1. The highest BCUT2D eigenvalue weighted by Crippen LogP contribution is 2.00. The smallest absolute Gasteiger partial charge is 0.305 e. The third-order valence-corrected chi connectivity index (χ3v) is 1.94. The van der Waals surface area contributed by atoms with Crippen LogP contribution < -0.4 is 5.32 Å². The summed E-state index contributed by atoms with van der Waals surface area (Å²) in [6, 6.07) is 9.79. The number of carboxylic acids is 1. The predicted octanol–water partition coefficient (Wildman–Crippen LogP) is 2.53. The van der Waals surface area contributed by atoms with Gasteiger partial charge in [-0.15, -0.1) is 12.4 Å². The Labute approximate surface area is 102 Å². The largest absolute Gasteiger partial charge is 0.481 e. The lowest BCUT2D eigenvalue weighted by molar-refractivity contribution is -0.137. The molecule has 0 spiro atoms. The first-order valence-electron chi connectivity index (χ1n) is 4.88. The molecule has 0 aromatic heterocycles. The summed E-state index contributed by atoms with van der Waals surface area (Å²) in [4.78, 5) is 10.4. The Morgan fingerprint density at radius 1 is 1.44 bits per heavy atom. The second-order valence-electron chi connectivity index (χ2n) is 3.41. The molecule has 3 nitrogen and oxygen atoms in total. The van der Waals surface area contributed by atoms with Crippen molar-refractivity contribution < 1.29 is 9.90 Å². The normalized spacial score (nSPS) is 11.8. The van der Waals surface area contributed by atoms with Crippen molar-refractivity contribution in [3.63, 3.8) is 0 Å². The zero-order chi connectivity index (χ0) is 11.1. The molecule has 4 heteroatoms. The minimum atomic E-state index is -0.789. The molecule has 0 aliphatic rings. The second kappa shape index (κ2) is 7.77. The van der Waals surface area contributed by atoms with E-state index in [2.05, 4.69) is 5.32 Å². The highest BCUT2D eigenvalue weighted by atomic mass is 35.5. The van der Waals surface area contributed by atoms with Crippen LogP contribution in [0.2, 0.25) is 0 Å². The quantitative estimate of drug-likeness (QED) is 0.833. The van der Waals surface area contributed by atoms with E-state index in [9.17, 15) is 4.79 Å². The van der Waals surface area contributed by atoms with E-state index in [-0.39, 0.29) is 24.9 Å². The number of nitrogens with one attached hydrogen (secondary N) is 1. The maximum absolute atomic E-state index is 10.4. The van der Waals surface area contributed by atoms with Gasteiger partial charge >= 0.3 is 5.97 Å². The maximum Gasteiger partial charge on any atom is 0.305 e. The molecule has 0 bridgehead atoms. The molecule has 88 valence electrons. The fraction of sp³-hybridized carbons (Fsp3) is 0.250. The van der Waals surface area contributed by atoms with Crippen molar-refractivity contribution in [2.45, 2.75) is 19.4 Å². The number of aliphatic carboxylic acids is 1. The summed E-state index contributed by atoms with van der Waals surface area (Å²) < 4.78 is 0. The molecular formula is C12H16ClNO2. The SMILES string of the molecule is C[C@@H](CC(=O)O)N/C=C/c1ccccc1.Cl. The molecule has 0 saturated carbocycles.